The van der Waals surface area contributed by atoms with E-state index in [0.29, 0.717) is 13.2 Å². The van der Waals surface area contributed by atoms with Crippen molar-refractivity contribution >= 4 is 0 Å². The average molecular weight is 456 g/mol. The molecule has 3 aromatic carbocycles. The van der Waals surface area contributed by atoms with Crippen molar-refractivity contribution < 1.29 is 14.6 Å². The summed E-state index contributed by atoms with van der Waals surface area (Å²) in [5.74, 6) is 6.85. The van der Waals surface area contributed by atoms with Gasteiger partial charge in [-0.2, -0.15) is 0 Å². The first-order valence-corrected chi connectivity index (χ1v) is 11.9. The molecule has 4 nitrogen and oxygen atoms in total. The Hall–Kier alpha value is -3.10. The molecule has 4 rings (SSSR count). The van der Waals surface area contributed by atoms with Gasteiger partial charge in [0.05, 0.1) is 0 Å². The Bertz CT molecular complexity index is 1140. The lowest BCUT2D eigenvalue weighted by atomic mass is 9.98. The zero-order valence-corrected chi connectivity index (χ0v) is 20.3. The van der Waals surface area contributed by atoms with Gasteiger partial charge >= 0.3 is 0 Å². The highest BCUT2D eigenvalue weighted by molar-refractivity contribution is 5.42. The molecule has 4 heteroatoms. The van der Waals surface area contributed by atoms with Gasteiger partial charge in [-0.15, -0.1) is 0 Å². The average Bonchev–Trinajstić information content (AvgIpc) is 3.03. The Morgan fingerprint density at radius 1 is 1.03 bits per heavy atom. The van der Waals surface area contributed by atoms with Crippen molar-refractivity contribution in [2.45, 2.75) is 45.6 Å². The van der Waals surface area contributed by atoms with Crippen LogP contribution in [0.3, 0.4) is 0 Å². The molecule has 1 atom stereocenters. The quantitative estimate of drug-likeness (QED) is 0.510. The third-order valence-electron chi connectivity index (χ3n) is 5.75. The summed E-state index contributed by atoms with van der Waals surface area (Å²) in [6.45, 7) is 9.23. The molecule has 0 spiro atoms. The number of ether oxygens (including phenoxy) is 2. The largest absolute Gasteiger partial charge is 0.492 e. The van der Waals surface area contributed by atoms with Gasteiger partial charge in [-0.05, 0) is 61.7 Å². The van der Waals surface area contributed by atoms with Crippen LogP contribution in [0, 0.1) is 11.8 Å². The van der Waals surface area contributed by atoms with Crippen molar-refractivity contribution in [3.8, 4) is 17.6 Å². The molecule has 0 saturated heterocycles. The van der Waals surface area contributed by atoms with Crippen LogP contribution in [0.4, 0.5) is 0 Å². The Morgan fingerprint density at radius 3 is 2.50 bits per heavy atom. The lowest BCUT2D eigenvalue weighted by molar-refractivity contribution is 0.0912. The topological polar surface area (TPSA) is 41.9 Å². The van der Waals surface area contributed by atoms with Gasteiger partial charge in [-0.1, -0.05) is 60.4 Å². The van der Waals surface area contributed by atoms with Crippen molar-refractivity contribution in [1.82, 2.24) is 4.90 Å². The van der Waals surface area contributed by atoms with Crippen molar-refractivity contribution in [2.75, 3.05) is 19.8 Å². The second-order valence-electron chi connectivity index (χ2n) is 9.18. The standard InChI is InChI=1S/C30H33NO3/c1-4-33-29(25-8-6-5-7-9-25)26-14-15-28-27(20-26)22-31(18-19-34-28)21-24-12-10-23(11-13-24)16-17-30(2,3)32/h5-15,20,29,32H,4,18-19,21-22H2,1-3H3. The summed E-state index contributed by atoms with van der Waals surface area (Å²) in [7, 11) is 0. The summed E-state index contributed by atoms with van der Waals surface area (Å²) in [6, 6.07) is 25.0. The number of hydrogen-bond acceptors (Lipinski definition) is 4. The predicted molar refractivity (Wildman–Crippen MR) is 136 cm³/mol. The molecule has 0 radical (unpaired) electrons. The smallest absolute Gasteiger partial charge is 0.123 e. The molecule has 1 aliphatic heterocycles. The molecular weight excluding hydrogens is 422 g/mol. The highest BCUT2D eigenvalue weighted by Gasteiger charge is 2.20. The SMILES string of the molecule is CCOC(c1ccccc1)c1ccc2c(c1)CN(Cc1ccc(C#CC(C)(C)O)cc1)CCO2. The van der Waals surface area contributed by atoms with Gasteiger partial charge < -0.3 is 14.6 Å². The van der Waals surface area contributed by atoms with Crippen LogP contribution in [0.2, 0.25) is 0 Å². The molecule has 1 heterocycles. The number of nitrogens with zero attached hydrogens (tertiary/aromatic N) is 1. The van der Waals surface area contributed by atoms with Crippen molar-refractivity contribution in [3.05, 3.63) is 101 Å². The first-order valence-electron chi connectivity index (χ1n) is 11.9. The Morgan fingerprint density at radius 2 is 1.79 bits per heavy atom. The van der Waals surface area contributed by atoms with E-state index in [0.717, 1.165) is 42.1 Å². The minimum atomic E-state index is -0.987. The number of hydrogen-bond donors (Lipinski definition) is 1. The van der Waals surface area contributed by atoms with Gasteiger partial charge in [-0.3, -0.25) is 4.90 Å². The summed E-state index contributed by atoms with van der Waals surface area (Å²) >= 11 is 0. The van der Waals surface area contributed by atoms with Crippen LogP contribution < -0.4 is 4.74 Å². The molecule has 1 aliphatic rings. The van der Waals surface area contributed by atoms with Gasteiger partial charge in [-0.25, -0.2) is 0 Å². The number of fused-ring (bicyclic) bond motifs is 1. The van der Waals surface area contributed by atoms with E-state index in [9.17, 15) is 5.11 Å². The van der Waals surface area contributed by atoms with E-state index < -0.39 is 5.60 Å². The van der Waals surface area contributed by atoms with E-state index in [1.165, 1.54) is 11.1 Å². The fourth-order valence-corrected chi connectivity index (χ4v) is 4.12. The van der Waals surface area contributed by atoms with Gasteiger partial charge in [0.1, 0.15) is 24.1 Å². The number of rotatable bonds is 6. The molecule has 1 unspecified atom stereocenters. The summed E-state index contributed by atoms with van der Waals surface area (Å²) in [5.41, 5.74) is 4.63. The van der Waals surface area contributed by atoms with Gasteiger partial charge in [0, 0.05) is 37.4 Å². The van der Waals surface area contributed by atoms with Crippen molar-refractivity contribution in [2.24, 2.45) is 0 Å². The maximum atomic E-state index is 9.81. The fraction of sp³-hybridized carbons (Fsp3) is 0.333. The van der Waals surface area contributed by atoms with E-state index in [1.807, 2.05) is 25.1 Å². The molecule has 0 aliphatic carbocycles. The second kappa shape index (κ2) is 10.9. The first kappa shape index (κ1) is 24.0. The lowest BCUT2D eigenvalue weighted by Gasteiger charge is -2.21. The Kier molecular flexibility index (Phi) is 7.70. The van der Waals surface area contributed by atoms with Gasteiger partial charge in [0.15, 0.2) is 0 Å². The van der Waals surface area contributed by atoms with Crippen molar-refractivity contribution in [1.29, 1.82) is 0 Å². The number of aliphatic hydroxyl groups is 1. The normalized spacial score (nSPS) is 14.8. The van der Waals surface area contributed by atoms with E-state index >= 15 is 0 Å². The first-order chi connectivity index (χ1) is 16.4. The van der Waals surface area contributed by atoms with Gasteiger partial charge in [0.2, 0.25) is 0 Å². The predicted octanol–water partition coefficient (Wildman–Crippen LogP) is 5.33. The summed E-state index contributed by atoms with van der Waals surface area (Å²) in [5, 5.41) is 9.81. The highest BCUT2D eigenvalue weighted by atomic mass is 16.5. The lowest BCUT2D eigenvalue weighted by Crippen LogP contribution is -2.25. The van der Waals surface area contributed by atoms with Gasteiger partial charge in [0.25, 0.3) is 0 Å². The third-order valence-corrected chi connectivity index (χ3v) is 5.75. The maximum Gasteiger partial charge on any atom is 0.123 e. The van der Waals surface area contributed by atoms with E-state index in [2.05, 4.69) is 71.3 Å². The highest BCUT2D eigenvalue weighted by Crippen LogP contribution is 2.32. The molecule has 0 aromatic heterocycles. The van der Waals surface area contributed by atoms with E-state index in [4.69, 9.17) is 9.47 Å². The minimum Gasteiger partial charge on any atom is -0.492 e. The Labute approximate surface area is 203 Å². The van der Waals surface area contributed by atoms with E-state index in [1.54, 1.807) is 13.8 Å². The molecule has 0 amide bonds. The van der Waals surface area contributed by atoms with Crippen LogP contribution in [0.25, 0.3) is 0 Å². The second-order valence-corrected chi connectivity index (χ2v) is 9.18. The minimum absolute atomic E-state index is 0.0919. The van der Waals surface area contributed by atoms with Crippen molar-refractivity contribution in [3.63, 3.8) is 0 Å². The zero-order chi connectivity index (χ0) is 24.0. The van der Waals surface area contributed by atoms with E-state index in [-0.39, 0.29) is 6.10 Å². The van der Waals surface area contributed by atoms with Crippen LogP contribution in [-0.4, -0.2) is 35.4 Å². The molecule has 0 fully saturated rings. The molecule has 0 bridgehead atoms. The summed E-state index contributed by atoms with van der Waals surface area (Å²) in [4.78, 5) is 2.41. The van der Waals surface area contributed by atoms with Crippen LogP contribution in [0.5, 0.6) is 5.75 Å². The molecule has 0 saturated carbocycles. The maximum absolute atomic E-state index is 9.81. The molecular formula is C30H33NO3. The molecule has 1 N–H and O–H groups in total. The summed E-state index contributed by atoms with van der Waals surface area (Å²) in [6.07, 6.45) is -0.0919. The number of benzene rings is 3. The fourth-order valence-electron chi connectivity index (χ4n) is 4.12. The van der Waals surface area contributed by atoms with Crippen LogP contribution in [0.1, 0.15) is 54.7 Å². The monoisotopic (exact) mass is 455 g/mol. The summed E-state index contributed by atoms with van der Waals surface area (Å²) < 4.78 is 12.2. The molecule has 3 aromatic rings. The zero-order valence-electron chi connectivity index (χ0n) is 20.3. The van der Waals surface area contributed by atoms with Crippen LogP contribution in [-0.2, 0) is 17.8 Å². The van der Waals surface area contributed by atoms with Crippen LogP contribution >= 0.6 is 0 Å². The van der Waals surface area contributed by atoms with Crippen LogP contribution in [0.15, 0.2) is 72.8 Å². The molecule has 34 heavy (non-hydrogen) atoms. The third kappa shape index (κ3) is 6.48. The Balaban J connectivity index is 1.50. The molecule has 176 valence electrons.